The molecule has 2 nitrogen and oxygen atoms in total. The molecule has 1 N–H and O–H groups in total. The normalized spacial score (nSPS) is 10.4. The van der Waals surface area contributed by atoms with Crippen LogP contribution < -0.4 is 0 Å². The van der Waals surface area contributed by atoms with Crippen LogP contribution in [0.3, 0.4) is 0 Å². The van der Waals surface area contributed by atoms with E-state index in [1.54, 1.807) is 18.2 Å². The van der Waals surface area contributed by atoms with E-state index in [1.807, 2.05) is 0 Å². The second-order valence-corrected chi connectivity index (χ2v) is 4.40. The highest BCUT2D eigenvalue weighted by atomic mass is 35.5. The summed E-state index contributed by atoms with van der Waals surface area (Å²) >= 11 is 17.9. The third-order valence-corrected chi connectivity index (χ3v) is 2.86. The van der Waals surface area contributed by atoms with Crippen LogP contribution in [0.1, 0.15) is 0 Å². The van der Waals surface area contributed by atoms with Crippen LogP contribution in [0.2, 0.25) is 15.1 Å². The summed E-state index contributed by atoms with van der Waals surface area (Å²) in [5.74, 6) is 0.00639. The highest BCUT2D eigenvalue weighted by molar-refractivity contribution is 6.37. The number of halogens is 3. The predicted molar refractivity (Wildman–Crippen MR) is 66.4 cm³/mol. The molecule has 82 valence electrons. The van der Waals surface area contributed by atoms with E-state index >= 15 is 0 Å². The van der Waals surface area contributed by atoms with Crippen LogP contribution in [-0.2, 0) is 0 Å². The lowest BCUT2D eigenvalue weighted by molar-refractivity contribution is 0.473. The van der Waals surface area contributed by atoms with Crippen molar-refractivity contribution >= 4 is 34.8 Å². The number of benzene rings is 1. The first-order chi connectivity index (χ1) is 7.58. The minimum Gasteiger partial charge on any atom is -0.506 e. The van der Waals surface area contributed by atoms with Gasteiger partial charge in [0.25, 0.3) is 0 Å². The maximum Gasteiger partial charge on any atom is 0.135 e. The van der Waals surface area contributed by atoms with Gasteiger partial charge in [0.1, 0.15) is 5.75 Å². The number of hydrogen-bond acceptors (Lipinski definition) is 2. The van der Waals surface area contributed by atoms with Gasteiger partial charge < -0.3 is 5.11 Å². The van der Waals surface area contributed by atoms with Crippen LogP contribution in [0.5, 0.6) is 5.75 Å². The zero-order valence-electron chi connectivity index (χ0n) is 7.92. The number of pyridine rings is 1. The highest BCUT2D eigenvalue weighted by Crippen LogP contribution is 2.34. The van der Waals surface area contributed by atoms with E-state index in [-0.39, 0.29) is 5.75 Å². The number of aromatic nitrogens is 1. The monoisotopic (exact) mass is 273 g/mol. The summed E-state index contributed by atoms with van der Waals surface area (Å²) in [4.78, 5) is 4.02. The molecule has 0 atom stereocenters. The van der Waals surface area contributed by atoms with Crippen LogP contribution in [0.4, 0.5) is 0 Å². The van der Waals surface area contributed by atoms with Crippen LogP contribution >= 0.6 is 34.8 Å². The second-order valence-electron chi connectivity index (χ2n) is 3.15. The Kier molecular flexibility index (Phi) is 3.24. The molecule has 0 spiro atoms. The molecule has 16 heavy (non-hydrogen) atoms. The van der Waals surface area contributed by atoms with Crippen LogP contribution in [-0.4, -0.2) is 10.1 Å². The zero-order valence-corrected chi connectivity index (χ0v) is 10.2. The van der Waals surface area contributed by atoms with Crippen molar-refractivity contribution in [2.24, 2.45) is 0 Å². The fraction of sp³-hybridized carbons (Fsp3) is 0. The minimum absolute atomic E-state index is 0.00639. The molecule has 0 aliphatic heterocycles. The first-order valence-corrected chi connectivity index (χ1v) is 5.51. The summed E-state index contributed by atoms with van der Waals surface area (Å²) in [6.45, 7) is 0. The molecule has 1 aromatic carbocycles. The standard InChI is InChI=1S/C11H6Cl3NO/c12-6-1-2-9(13)8(3-6)11-10(14)4-7(16)5-15-11/h1-5,16H. The lowest BCUT2D eigenvalue weighted by Gasteiger charge is -2.06. The average molecular weight is 275 g/mol. The molecule has 2 aromatic rings. The van der Waals surface area contributed by atoms with Gasteiger partial charge in [0.2, 0.25) is 0 Å². The first-order valence-electron chi connectivity index (χ1n) is 4.38. The number of aromatic hydroxyl groups is 1. The van der Waals surface area contributed by atoms with Crippen molar-refractivity contribution in [3.8, 4) is 17.0 Å². The van der Waals surface area contributed by atoms with Crippen molar-refractivity contribution in [3.05, 3.63) is 45.5 Å². The molecule has 1 aromatic heterocycles. The molecule has 1 heterocycles. The Morgan fingerprint density at radius 3 is 2.44 bits per heavy atom. The van der Waals surface area contributed by atoms with Gasteiger partial charge in [-0.1, -0.05) is 34.8 Å². The van der Waals surface area contributed by atoms with Crippen LogP contribution in [0, 0.1) is 0 Å². The molecule has 2 rings (SSSR count). The number of rotatable bonds is 1. The van der Waals surface area contributed by atoms with Gasteiger partial charge in [-0.25, -0.2) is 0 Å². The first kappa shape index (κ1) is 11.5. The molecule has 0 radical (unpaired) electrons. The van der Waals surface area contributed by atoms with Gasteiger partial charge in [-0.15, -0.1) is 0 Å². The average Bonchev–Trinajstić information content (AvgIpc) is 2.22. The highest BCUT2D eigenvalue weighted by Gasteiger charge is 2.10. The summed E-state index contributed by atoms with van der Waals surface area (Å²) in [5.41, 5.74) is 1.13. The maximum atomic E-state index is 9.20. The fourth-order valence-corrected chi connectivity index (χ4v) is 1.95. The van der Waals surface area contributed by atoms with E-state index in [9.17, 15) is 5.11 Å². The molecule has 0 fully saturated rings. The van der Waals surface area contributed by atoms with E-state index in [1.165, 1.54) is 12.3 Å². The third kappa shape index (κ3) is 2.24. The Morgan fingerprint density at radius 1 is 1.00 bits per heavy atom. The van der Waals surface area contributed by atoms with E-state index < -0.39 is 0 Å². The summed E-state index contributed by atoms with van der Waals surface area (Å²) in [7, 11) is 0. The van der Waals surface area contributed by atoms with Crippen molar-refractivity contribution in [2.45, 2.75) is 0 Å². The lowest BCUT2D eigenvalue weighted by Crippen LogP contribution is -1.86. The summed E-state index contributed by atoms with van der Waals surface area (Å²) < 4.78 is 0. The lowest BCUT2D eigenvalue weighted by atomic mass is 10.1. The molecule has 0 bridgehead atoms. The zero-order chi connectivity index (χ0) is 11.7. The molecule has 0 unspecified atom stereocenters. The summed E-state index contributed by atoms with van der Waals surface area (Å²) in [6, 6.07) is 6.43. The van der Waals surface area contributed by atoms with Crippen molar-refractivity contribution in [3.63, 3.8) is 0 Å². The Labute approximate surface area is 107 Å². The van der Waals surface area contributed by atoms with E-state index in [4.69, 9.17) is 34.8 Å². The van der Waals surface area contributed by atoms with E-state index in [0.29, 0.717) is 26.3 Å². The second kappa shape index (κ2) is 4.50. The SMILES string of the molecule is Oc1cnc(-c2cc(Cl)ccc2Cl)c(Cl)c1. The van der Waals surface area contributed by atoms with Gasteiger partial charge in [-0.3, -0.25) is 4.98 Å². The molecule has 0 saturated heterocycles. The Hall–Kier alpha value is -0.960. The third-order valence-electron chi connectivity index (χ3n) is 2.01. The molecular weight excluding hydrogens is 268 g/mol. The number of hydrogen-bond donors (Lipinski definition) is 1. The maximum absolute atomic E-state index is 9.20. The Bertz CT molecular complexity index is 543. The van der Waals surface area contributed by atoms with Crippen molar-refractivity contribution in [1.82, 2.24) is 4.98 Å². The largest absolute Gasteiger partial charge is 0.506 e. The van der Waals surface area contributed by atoms with Gasteiger partial charge in [-0.2, -0.15) is 0 Å². The van der Waals surface area contributed by atoms with Gasteiger partial charge >= 0.3 is 0 Å². The summed E-state index contributed by atoms with van der Waals surface area (Å²) in [6.07, 6.45) is 1.30. The molecule has 0 aliphatic rings. The minimum atomic E-state index is 0.00639. The summed E-state index contributed by atoms with van der Waals surface area (Å²) in [5, 5.41) is 10.6. The topological polar surface area (TPSA) is 33.1 Å². The van der Waals surface area contributed by atoms with Crippen molar-refractivity contribution < 1.29 is 5.11 Å². The van der Waals surface area contributed by atoms with Gasteiger partial charge in [0, 0.05) is 16.7 Å². The van der Waals surface area contributed by atoms with Crippen LogP contribution in [0.15, 0.2) is 30.5 Å². The van der Waals surface area contributed by atoms with Gasteiger partial charge in [0.15, 0.2) is 0 Å². The molecule has 5 heteroatoms. The van der Waals surface area contributed by atoms with Crippen molar-refractivity contribution in [1.29, 1.82) is 0 Å². The van der Waals surface area contributed by atoms with E-state index in [2.05, 4.69) is 4.98 Å². The molecular formula is C11H6Cl3NO. The Morgan fingerprint density at radius 2 is 1.75 bits per heavy atom. The smallest absolute Gasteiger partial charge is 0.135 e. The quantitative estimate of drug-likeness (QED) is 0.835. The number of nitrogens with zero attached hydrogens (tertiary/aromatic N) is 1. The van der Waals surface area contributed by atoms with E-state index in [0.717, 1.165) is 0 Å². The molecule has 0 aliphatic carbocycles. The van der Waals surface area contributed by atoms with Gasteiger partial charge in [-0.05, 0) is 18.2 Å². The predicted octanol–water partition coefficient (Wildman–Crippen LogP) is 4.41. The molecule has 0 amide bonds. The van der Waals surface area contributed by atoms with Crippen molar-refractivity contribution in [2.75, 3.05) is 0 Å². The fourth-order valence-electron chi connectivity index (χ4n) is 1.30. The molecule has 0 saturated carbocycles. The van der Waals surface area contributed by atoms with Gasteiger partial charge in [0.05, 0.1) is 21.9 Å². The van der Waals surface area contributed by atoms with Crippen LogP contribution in [0.25, 0.3) is 11.3 Å². The Balaban J connectivity index is 2.62.